The van der Waals surface area contributed by atoms with E-state index in [2.05, 4.69) is 52.1 Å². The van der Waals surface area contributed by atoms with Crippen molar-refractivity contribution in [3.63, 3.8) is 0 Å². The zero-order valence-electron chi connectivity index (χ0n) is 13.2. The van der Waals surface area contributed by atoms with Crippen LogP contribution in [-0.4, -0.2) is 14.7 Å². The van der Waals surface area contributed by atoms with Crippen molar-refractivity contribution in [2.75, 3.05) is 0 Å². The van der Waals surface area contributed by atoms with Crippen molar-refractivity contribution in [3.05, 3.63) is 90.3 Å². The molecule has 1 aromatic heterocycles. The summed E-state index contributed by atoms with van der Waals surface area (Å²) < 4.78 is 2.23. The summed E-state index contributed by atoms with van der Waals surface area (Å²) >= 11 is 0. The van der Waals surface area contributed by atoms with Gasteiger partial charge in [-0.3, -0.25) is 0 Å². The molecule has 0 amide bonds. The van der Waals surface area contributed by atoms with Crippen molar-refractivity contribution in [1.29, 1.82) is 0 Å². The molecule has 3 heteroatoms. The molecule has 0 radical (unpaired) electrons. The number of aromatic nitrogens is 2. The van der Waals surface area contributed by atoms with Gasteiger partial charge in [-0.05, 0) is 41.8 Å². The van der Waals surface area contributed by atoms with Crippen molar-refractivity contribution in [2.45, 2.75) is 12.5 Å². The van der Waals surface area contributed by atoms with Crippen molar-refractivity contribution < 1.29 is 5.11 Å². The van der Waals surface area contributed by atoms with Crippen LogP contribution >= 0.6 is 0 Å². The Morgan fingerprint density at radius 3 is 2.75 bits per heavy atom. The molecular formula is C21H18N2O. The SMILES string of the molecule is Oc1ccc(C=CC2=CC(n3cnc4ccccc43)CC=C2)cc1. The Hall–Kier alpha value is -3.07. The maximum absolute atomic E-state index is 9.35. The molecule has 1 heterocycles. The average Bonchev–Trinajstić information content (AvgIpc) is 3.06. The number of phenolic OH excluding ortho intramolecular Hbond substituents is 1. The summed E-state index contributed by atoms with van der Waals surface area (Å²) in [6.07, 6.45) is 13.7. The first-order chi connectivity index (χ1) is 11.8. The molecule has 4 rings (SSSR count). The molecule has 0 saturated carbocycles. The lowest BCUT2D eigenvalue weighted by molar-refractivity contribution is 0.475. The van der Waals surface area contributed by atoms with Gasteiger partial charge < -0.3 is 9.67 Å². The van der Waals surface area contributed by atoms with E-state index >= 15 is 0 Å². The Morgan fingerprint density at radius 2 is 1.88 bits per heavy atom. The van der Waals surface area contributed by atoms with Gasteiger partial charge in [0.1, 0.15) is 5.75 Å². The molecule has 1 atom stereocenters. The Labute approximate surface area is 140 Å². The van der Waals surface area contributed by atoms with Gasteiger partial charge in [0, 0.05) is 0 Å². The number of rotatable bonds is 3. The highest BCUT2D eigenvalue weighted by atomic mass is 16.3. The van der Waals surface area contributed by atoms with Crippen LogP contribution in [0.5, 0.6) is 5.75 Å². The zero-order chi connectivity index (χ0) is 16.4. The third-order valence-corrected chi connectivity index (χ3v) is 4.27. The Balaban J connectivity index is 1.60. The summed E-state index contributed by atoms with van der Waals surface area (Å²) in [7, 11) is 0. The van der Waals surface area contributed by atoms with E-state index in [9.17, 15) is 5.11 Å². The number of benzene rings is 2. The summed E-state index contributed by atoms with van der Waals surface area (Å²) in [5, 5.41) is 9.35. The molecule has 1 aliphatic rings. The number of allylic oxidation sites excluding steroid dienone is 5. The smallest absolute Gasteiger partial charge is 0.115 e. The van der Waals surface area contributed by atoms with Crippen molar-refractivity contribution in [2.24, 2.45) is 0 Å². The molecular weight excluding hydrogens is 296 g/mol. The highest BCUT2D eigenvalue weighted by Gasteiger charge is 2.13. The molecule has 3 aromatic rings. The number of imidazole rings is 1. The fraction of sp³-hybridized carbons (Fsp3) is 0.0952. The van der Waals surface area contributed by atoms with E-state index in [-0.39, 0.29) is 11.8 Å². The van der Waals surface area contributed by atoms with Crippen LogP contribution in [0, 0.1) is 0 Å². The van der Waals surface area contributed by atoms with E-state index in [0.29, 0.717) is 0 Å². The highest BCUT2D eigenvalue weighted by Crippen LogP contribution is 2.26. The highest BCUT2D eigenvalue weighted by molar-refractivity contribution is 5.75. The summed E-state index contributed by atoms with van der Waals surface area (Å²) in [5.41, 5.74) is 4.44. The van der Waals surface area contributed by atoms with Crippen LogP contribution < -0.4 is 0 Å². The first-order valence-electron chi connectivity index (χ1n) is 8.07. The second-order valence-electron chi connectivity index (χ2n) is 5.94. The number of nitrogens with zero attached hydrogens (tertiary/aromatic N) is 2. The number of phenols is 1. The minimum Gasteiger partial charge on any atom is -0.508 e. The van der Waals surface area contributed by atoms with E-state index in [4.69, 9.17) is 0 Å². The van der Waals surface area contributed by atoms with Gasteiger partial charge in [-0.25, -0.2) is 4.98 Å². The van der Waals surface area contributed by atoms with Gasteiger partial charge in [0.05, 0.1) is 23.4 Å². The van der Waals surface area contributed by atoms with Gasteiger partial charge in [0.15, 0.2) is 0 Å². The van der Waals surface area contributed by atoms with Crippen LogP contribution in [0.1, 0.15) is 18.0 Å². The van der Waals surface area contributed by atoms with E-state index in [1.165, 1.54) is 5.57 Å². The van der Waals surface area contributed by atoms with E-state index in [1.54, 1.807) is 12.1 Å². The summed E-state index contributed by atoms with van der Waals surface area (Å²) in [6, 6.07) is 15.7. The molecule has 0 bridgehead atoms. The second-order valence-corrected chi connectivity index (χ2v) is 5.94. The molecule has 0 fully saturated rings. The third-order valence-electron chi connectivity index (χ3n) is 4.27. The maximum atomic E-state index is 9.35. The Bertz CT molecular complexity index is 945. The molecule has 1 unspecified atom stereocenters. The fourth-order valence-corrected chi connectivity index (χ4v) is 3.01. The molecule has 118 valence electrons. The van der Waals surface area contributed by atoms with Crippen LogP contribution in [-0.2, 0) is 0 Å². The molecule has 1 aliphatic carbocycles. The topological polar surface area (TPSA) is 38.0 Å². The van der Waals surface area contributed by atoms with Gasteiger partial charge in [-0.2, -0.15) is 0 Å². The lowest BCUT2D eigenvalue weighted by Gasteiger charge is -2.18. The number of para-hydroxylation sites is 2. The van der Waals surface area contributed by atoms with Crippen molar-refractivity contribution in [1.82, 2.24) is 9.55 Å². The predicted molar refractivity (Wildman–Crippen MR) is 97.8 cm³/mol. The largest absolute Gasteiger partial charge is 0.508 e. The van der Waals surface area contributed by atoms with Gasteiger partial charge in [0.25, 0.3) is 0 Å². The van der Waals surface area contributed by atoms with E-state index in [0.717, 1.165) is 23.0 Å². The molecule has 1 N–H and O–H groups in total. The monoisotopic (exact) mass is 314 g/mol. The molecule has 0 spiro atoms. The minimum atomic E-state index is 0.280. The number of aromatic hydroxyl groups is 1. The quantitative estimate of drug-likeness (QED) is 0.748. The van der Waals surface area contributed by atoms with Crippen LogP contribution in [0.25, 0.3) is 17.1 Å². The van der Waals surface area contributed by atoms with Gasteiger partial charge in [0.2, 0.25) is 0 Å². The van der Waals surface area contributed by atoms with E-state index in [1.807, 2.05) is 30.6 Å². The van der Waals surface area contributed by atoms with Crippen molar-refractivity contribution in [3.8, 4) is 5.75 Å². The van der Waals surface area contributed by atoms with Crippen LogP contribution in [0.2, 0.25) is 0 Å². The Morgan fingerprint density at radius 1 is 1.04 bits per heavy atom. The molecule has 2 aromatic carbocycles. The van der Waals surface area contributed by atoms with Crippen molar-refractivity contribution >= 4 is 17.1 Å². The average molecular weight is 314 g/mol. The third kappa shape index (κ3) is 2.88. The molecule has 0 aliphatic heterocycles. The normalized spacial score (nSPS) is 17.5. The van der Waals surface area contributed by atoms with Crippen LogP contribution in [0.15, 0.2) is 84.7 Å². The lowest BCUT2D eigenvalue weighted by atomic mass is 10.0. The number of hydrogen-bond acceptors (Lipinski definition) is 2. The molecule has 0 saturated heterocycles. The predicted octanol–water partition coefficient (Wildman–Crippen LogP) is 4.88. The van der Waals surface area contributed by atoms with Gasteiger partial charge in [-0.15, -0.1) is 0 Å². The van der Waals surface area contributed by atoms with Crippen LogP contribution in [0.4, 0.5) is 0 Å². The van der Waals surface area contributed by atoms with Gasteiger partial charge >= 0.3 is 0 Å². The van der Waals surface area contributed by atoms with Gasteiger partial charge in [-0.1, -0.05) is 54.6 Å². The Kier molecular flexibility index (Phi) is 3.75. The van der Waals surface area contributed by atoms with E-state index < -0.39 is 0 Å². The maximum Gasteiger partial charge on any atom is 0.115 e. The standard InChI is InChI=1S/C21H18N2O/c24-19-12-10-16(11-13-19)8-9-17-4-3-5-18(14-17)23-15-22-20-6-1-2-7-21(20)23/h1-4,6-15,18,24H,5H2. The fourth-order valence-electron chi connectivity index (χ4n) is 3.01. The number of hydrogen-bond donors (Lipinski definition) is 1. The van der Waals surface area contributed by atoms with Crippen LogP contribution in [0.3, 0.4) is 0 Å². The summed E-state index contributed by atoms with van der Waals surface area (Å²) in [5.74, 6) is 0.288. The first-order valence-corrected chi connectivity index (χ1v) is 8.07. The first kappa shape index (κ1) is 14.5. The minimum absolute atomic E-state index is 0.280. The second kappa shape index (κ2) is 6.20. The summed E-state index contributed by atoms with van der Waals surface area (Å²) in [4.78, 5) is 4.49. The number of fused-ring (bicyclic) bond motifs is 1. The molecule has 24 heavy (non-hydrogen) atoms. The molecule has 3 nitrogen and oxygen atoms in total. The summed E-state index contributed by atoms with van der Waals surface area (Å²) in [6.45, 7) is 0. The zero-order valence-corrected chi connectivity index (χ0v) is 13.2. The lowest BCUT2D eigenvalue weighted by Crippen LogP contribution is -2.07.